The van der Waals surface area contributed by atoms with Crippen LogP contribution in [0.5, 0.6) is 0 Å². The van der Waals surface area contributed by atoms with Gasteiger partial charge in [-0.15, -0.1) is 5.10 Å². The Kier molecular flexibility index (Phi) is 3.69. The van der Waals surface area contributed by atoms with Gasteiger partial charge < -0.3 is 9.84 Å². The first-order valence-electron chi connectivity index (χ1n) is 5.49. The van der Waals surface area contributed by atoms with Gasteiger partial charge in [0.2, 0.25) is 0 Å². The van der Waals surface area contributed by atoms with Crippen LogP contribution in [0.1, 0.15) is 16.2 Å². The number of aliphatic hydroxyl groups excluding tert-OH is 1. The average molecular weight is 247 g/mol. The van der Waals surface area contributed by atoms with Crippen LogP contribution in [0.4, 0.5) is 0 Å². The molecule has 1 aromatic carbocycles. The predicted molar refractivity (Wildman–Crippen MR) is 63.5 cm³/mol. The number of aryl methyl sites for hydroxylation is 1. The van der Waals surface area contributed by atoms with Crippen LogP contribution in [0.15, 0.2) is 30.3 Å². The maximum atomic E-state index is 11.6. The van der Waals surface area contributed by atoms with Gasteiger partial charge in [0.1, 0.15) is 6.61 Å². The molecule has 0 fully saturated rings. The van der Waals surface area contributed by atoms with Gasteiger partial charge in [0, 0.05) is 0 Å². The molecular weight excluding hydrogens is 234 g/mol. The summed E-state index contributed by atoms with van der Waals surface area (Å²) in [5, 5.41) is 16.8. The summed E-state index contributed by atoms with van der Waals surface area (Å²) in [6, 6.07) is 9.27. The fourth-order valence-corrected chi connectivity index (χ4v) is 1.45. The number of hydrogen-bond acceptors (Lipinski definition) is 5. The number of carbonyl (C=O) groups excluding carboxylic acids is 1. The Labute approximate surface area is 104 Å². The molecule has 94 valence electrons. The largest absolute Gasteiger partial charge is 0.458 e. The fraction of sp³-hybridized carbons (Fsp3) is 0.250. The minimum atomic E-state index is -0.580. The summed E-state index contributed by atoms with van der Waals surface area (Å²) in [5.74, 6) is -0.580. The first-order valence-corrected chi connectivity index (χ1v) is 5.49. The molecule has 0 spiro atoms. The lowest BCUT2D eigenvalue weighted by molar-refractivity contribution is 0.0425. The molecule has 18 heavy (non-hydrogen) atoms. The van der Waals surface area contributed by atoms with Gasteiger partial charge in [0.15, 0.2) is 5.69 Å². The Hall–Kier alpha value is -2.21. The zero-order valence-corrected chi connectivity index (χ0v) is 9.91. The van der Waals surface area contributed by atoms with Crippen LogP contribution in [-0.4, -0.2) is 39.3 Å². The van der Waals surface area contributed by atoms with E-state index in [0.29, 0.717) is 5.69 Å². The van der Waals surface area contributed by atoms with E-state index in [2.05, 4.69) is 10.2 Å². The fourth-order valence-electron chi connectivity index (χ4n) is 1.45. The summed E-state index contributed by atoms with van der Waals surface area (Å²) in [5.41, 5.74) is 1.41. The summed E-state index contributed by atoms with van der Waals surface area (Å²) in [7, 11) is 0. The Morgan fingerprint density at radius 3 is 2.72 bits per heavy atom. The van der Waals surface area contributed by atoms with Crippen LogP contribution in [0.25, 0.3) is 5.69 Å². The molecule has 2 rings (SSSR count). The van der Waals surface area contributed by atoms with E-state index in [9.17, 15) is 4.79 Å². The molecule has 1 heterocycles. The quantitative estimate of drug-likeness (QED) is 0.806. The molecule has 1 aromatic heterocycles. The van der Waals surface area contributed by atoms with E-state index in [1.807, 2.05) is 30.3 Å². The number of aliphatic hydroxyl groups is 1. The summed E-state index contributed by atoms with van der Waals surface area (Å²) in [6.07, 6.45) is 0. The van der Waals surface area contributed by atoms with Crippen LogP contribution in [0.3, 0.4) is 0 Å². The van der Waals surface area contributed by atoms with Crippen LogP contribution in [-0.2, 0) is 4.74 Å². The van der Waals surface area contributed by atoms with E-state index in [1.54, 1.807) is 6.92 Å². The van der Waals surface area contributed by atoms with Crippen LogP contribution >= 0.6 is 0 Å². The number of carbonyl (C=O) groups is 1. The lowest BCUT2D eigenvalue weighted by Crippen LogP contribution is -2.11. The van der Waals surface area contributed by atoms with Crippen molar-refractivity contribution in [2.24, 2.45) is 0 Å². The van der Waals surface area contributed by atoms with Gasteiger partial charge >= 0.3 is 5.97 Å². The van der Waals surface area contributed by atoms with Crippen molar-refractivity contribution < 1.29 is 14.6 Å². The SMILES string of the molecule is Cc1nn(-c2ccccc2)nc1C(=O)OCCO. The van der Waals surface area contributed by atoms with Gasteiger partial charge in [-0.25, -0.2) is 4.79 Å². The molecule has 0 radical (unpaired) electrons. The van der Waals surface area contributed by atoms with Crippen molar-refractivity contribution in [3.8, 4) is 5.69 Å². The predicted octanol–water partition coefficient (Wildman–Crippen LogP) is 0.725. The van der Waals surface area contributed by atoms with E-state index < -0.39 is 5.97 Å². The molecule has 0 atom stereocenters. The van der Waals surface area contributed by atoms with Crippen molar-refractivity contribution in [1.29, 1.82) is 0 Å². The van der Waals surface area contributed by atoms with Gasteiger partial charge in [0.05, 0.1) is 18.0 Å². The molecule has 0 aliphatic carbocycles. The highest BCUT2D eigenvalue weighted by Crippen LogP contribution is 2.08. The van der Waals surface area contributed by atoms with Crippen LogP contribution in [0, 0.1) is 6.92 Å². The number of para-hydroxylation sites is 1. The van der Waals surface area contributed by atoms with E-state index in [0.717, 1.165) is 5.69 Å². The Balaban J connectivity index is 2.25. The molecule has 2 aromatic rings. The van der Waals surface area contributed by atoms with Crippen molar-refractivity contribution in [3.05, 3.63) is 41.7 Å². The Morgan fingerprint density at radius 1 is 1.33 bits per heavy atom. The van der Waals surface area contributed by atoms with Gasteiger partial charge in [-0.05, 0) is 19.1 Å². The number of esters is 1. The maximum Gasteiger partial charge on any atom is 0.360 e. The molecular formula is C12H13N3O3. The average Bonchev–Trinajstić information content (AvgIpc) is 2.79. The molecule has 0 aliphatic heterocycles. The van der Waals surface area contributed by atoms with Gasteiger partial charge in [-0.2, -0.15) is 9.90 Å². The van der Waals surface area contributed by atoms with E-state index >= 15 is 0 Å². The first kappa shape index (κ1) is 12.3. The summed E-state index contributed by atoms with van der Waals surface area (Å²) in [6.45, 7) is 1.43. The smallest absolute Gasteiger partial charge is 0.360 e. The van der Waals surface area contributed by atoms with E-state index in [-0.39, 0.29) is 18.9 Å². The molecule has 0 amide bonds. The maximum absolute atomic E-state index is 11.6. The standard InChI is InChI=1S/C12H13N3O3/c1-9-11(12(17)18-8-7-16)14-15(13-9)10-5-3-2-4-6-10/h2-6,16H,7-8H2,1H3. The highest BCUT2D eigenvalue weighted by Gasteiger charge is 2.17. The van der Waals surface area contributed by atoms with Crippen molar-refractivity contribution in [3.63, 3.8) is 0 Å². The molecule has 1 N–H and O–H groups in total. The highest BCUT2D eigenvalue weighted by molar-refractivity contribution is 5.88. The monoisotopic (exact) mass is 247 g/mol. The number of nitrogens with zero attached hydrogens (tertiary/aromatic N) is 3. The first-order chi connectivity index (χ1) is 8.72. The van der Waals surface area contributed by atoms with Gasteiger partial charge in [-0.1, -0.05) is 18.2 Å². The Morgan fingerprint density at radius 2 is 2.06 bits per heavy atom. The summed E-state index contributed by atoms with van der Waals surface area (Å²) in [4.78, 5) is 13.0. The number of benzene rings is 1. The van der Waals surface area contributed by atoms with Crippen molar-refractivity contribution in [2.75, 3.05) is 13.2 Å². The normalized spacial score (nSPS) is 10.3. The van der Waals surface area contributed by atoms with Crippen molar-refractivity contribution in [2.45, 2.75) is 6.92 Å². The zero-order valence-electron chi connectivity index (χ0n) is 9.91. The zero-order chi connectivity index (χ0) is 13.0. The second kappa shape index (κ2) is 5.42. The third kappa shape index (κ3) is 2.54. The second-order valence-corrected chi connectivity index (χ2v) is 3.62. The topological polar surface area (TPSA) is 77.2 Å². The minimum Gasteiger partial charge on any atom is -0.458 e. The molecule has 0 unspecified atom stereocenters. The van der Waals surface area contributed by atoms with E-state index in [4.69, 9.17) is 9.84 Å². The molecule has 0 saturated carbocycles. The minimum absolute atomic E-state index is 0.0452. The molecule has 0 saturated heterocycles. The number of hydrogen-bond donors (Lipinski definition) is 1. The molecule has 6 nitrogen and oxygen atoms in total. The number of ether oxygens (including phenoxy) is 1. The molecule has 0 bridgehead atoms. The van der Waals surface area contributed by atoms with Crippen molar-refractivity contribution in [1.82, 2.24) is 15.0 Å². The lowest BCUT2D eigenvalue weighted by atomic mass is 10.3. The summed E-state index contributed by atoms with van der Waals surface area (Å²) < 4.78 is 4.80. The van der Waals surface area contributed by atoms with Crippen molar-refractivity contribution >= 4 is 5.97 Å². The summed E-state index contributed by atoms with van der Waals surface area (Å²) >= 11 is 0. The number of rotatable bonds is 4. The van der Waals surface area contributed by atoms with E-state index in [1.165, 1.54) is 4.80 Å². The number of aromatic nitrogens is 3. The molecule has 0 aliphatic rings. The van der Waals surface area contributed by atoms with Crippen LogP contribution < -0.4 is 0 Å². The third-order valence-corrected chi connectivity index (χ3v) is 2.29. The van der Waals surface area contributed by atoms with Crippen LogP contribution in [0.2, 0.25) is 0 Å². The van der Waals surface area contributed by atoms with Gasteiger partial charge in [-0.3, -0.25) is 0 Å². The highest BCUT2D eigenvalue weighted by atomic mass is 16.5. The Bertz CT molecular complexity index is 537. The third-order valence-electron chi connectivity index (χ3n) is 2.29. The lowest BCUT2D eigenvalue weighted by Gasteiger charge is -1.99. The molecule has 6 heteroatoms. The van der Waals surface area contributed by atoms with Gasteiger partial charge in [0.25, 0.3) is 0 Å². The second-order valence-electron chi connectivity index (χ2n) is 3.62.